The second kappa shape index (κ2) is 9.52. The Kier molecular flexibility index (Phi) is 7.60. The molecule has 3 aliphatic rings. The minimum Gasteiger partial charge on any atom is -0.462 e. The first kappa shape index (κ1) is 24.7. The number of aliphatic hydroxyl groups is 1. The molecule has 1 aliphatic heterocycles. The van der Waals surface area contributed by atoms with Crippen LogP contribution < -0.4 is 0 Å². The normalized spacial score (nSPS) is 36.6. The highest BCUT2D eigenvalue weighted by Crippen LogP contribution is 2.44. The highest BCUT2D eigenvalue weighted by Gasteiger charge is 2.40. The molecule has 4 nitrogen and oxygen atoms in total. The molecule has 5 heteroatoms. The number of allylic oxidation sites excluding steroid dienone is 3. The van der Waals surface area contributed by atoms with Gasteiger partial charge in [-0.3, -0.25) is 4.79 Å². The quantitative estimate of drug-likeness (QED) is 0.407. The molecule has 0 aromatic rings. The number of esters is 1. The van der Waals surface area contributed by atoms with Crippen molar-refractivity contribution in [3.63, 3.8) is 0 Å². The third-order valence-corrected chi connectivity index (χ3v) is 9.98. The Labute approximate surface area is 190 Å². The Bertz CT molecular complexity index is 705. The standard InChI is InChI=1S/C26H44O4Si/c1-17-12-19-9-8-18(2)22(25(19)23(27)13-17)11-10-20-14-21(15-24(28)29-20)30-31(6,7)16-26(3,4)5/h8-9,12,17-18,20-23,25,27H,10-11,13-16H2,1-7H3/t17-,18-,20+,21+,22-,23-,25-/m0/s1. The highest BCUT2D eigenvalue weighted by atomic mass is 28.4. The molecule has 0 unspecified atom stereocenters. The summed E-state index contributed by atoms with van der Waals surface area (Å²) in [4.78, 5) is 12.3. The van der Waals surface area contributed by atoms with Gasteiger partial charge in [0.25, 0.3) is 0 Å². The maximum absolute atomic E-state index is 12.3. The number of hydrogen-bond acceptors (Lipinski definition) is 4. The summed E-state index contributed by atoms with van der Waals surface area (Å²) in [7, 11) is -1.85. The Morgan fingerprint density at radius 1 is 1.19 bits per heavy atom. The lowest BCUT2D eigenvalue weighted by molar-refractivity contribution is -0.160. The van der Waals surface area contributed by atoms with E-state index < -0.39 is 8.32 Å². The van der Waals surface area contributed by atoms with Gasteiger partial charge in [-0.15, -0.1) is 0 Å². The molecule has 0 aromatic heterocycles. The number of ether oxygens (including phenoxy) is 1. The zero-order chi connectivity index (χ0) is 23.0. The van der Waals surface area contributed by atoms with Crippen molar-refractivity contribution in [1.82, 2.24) is 0 Å². The molecule has 0 aromatic carbocycles. The van der Waals surface area contributed by atoms with Crippen LogP contribution >= 0.6 is 0 Å². The van der Waals surface area contributed by atoms with Crippen LogP contribution in [0.15, 0.2) is 23.8 Å². The molecule has 0 bridgehead atoms. The van der Waals surface area contributed by atoms with Gasteiger partial charge in [-0.05, 0) is 67.1 Å². The van der Waals surface area contributed by atoms with E-state index in [1.165, 1.54) is 5.57 Å². The van der Waals surface area contributed by atoms with Crippen molar-refractivity contribution in [1.29, 1.82) is 0 Å². The summed E-state index contributed by atoms with van der Waals surface area (Å²) in [6.07, 6.45) is 10.3. The molecular formula is C26H44O4Si. The molecule has 7 atom stereocenters. The fourth-order valence-corrected chi connectivity index (χ4v) is 10.1. The van der Waals surface area contributed by atoms with E-state index in [4.69, 9.17) is 9.16 Å². The maximum atomic E-state index is 12.3. The van der Waals surface area contributed by atoms with Crippen molar-refractivity contribution in [2.24, 2.45) is 29.1 Å². The molecule has 176 valence electrons. The van der Waals surface area contributed by atoms with E-state index in [2.05, 4.69) is 65.9 Å². The number of aliphatic hydroxyl groups excluding tert-OH is 1. The molecule has 1 saturated heterocycles. The monoisotopic (exact) mass is 448 g/mol. The second-order valence-electron chi connectivity index (χ2n) is 12.2. The van der Waals surface area contributed by atoms with Crippen molar-refractivity contribution < 1.29 is 19.1 Å². The summed E-state index contributed by atoms with van der Waals surface area (Å²) in [6, 6.07) is 1.08. The van der Waals surface area contributed by atoms with Crippen LogP contribution in [0.25, 0.3) is 0 Å². The van der Waals surface area contributed by atoms with Crippen LogP contribution in [-0.4, -0.2) is 37.7 Å². The average molecular weight is 449 g/mol. The Morgan fingerprint density at radius 3 is 2.58 bits per heavy atom. The predicted molar refractivity (Wildman–Crippen MR) is 128 cm³/mol. The van der Waals surface area contributed by atoms with Gasteiger partial charge >= 0.3 is 5.97 Å². The topological polar surface area (TPSA) is 55.8 Å². The Morgan fingerprint density at radius 2 is 1.90 bits per heavy atom. The first-order valence-corrected chi connectivity index (χ1v) is 15.4. The lowest BCUT2D eigenvalue weighted by atomic mass is 9.65. The van der Waals surface area contributed by atoms with E-state index in [1.54, 1.807) is 0 Å². The first-order valence-electron chi connectivity index (χ1n) is 12.3. The molecule has 2 aliphatic carbocycles. The lowest BCUT2D eigenvalue weighted by Crippen LogP contribution is -2.44. The Balaban J connectivity index is 1.61. The van der Waals surface area contributed by atoms with Crippen LogP contribution in [0.2, 0.25) is 19.1 Å². The SMILES string of the molecule is C[C@H]1C=C2C=C[C@H](C)[C@H](CC[C@@H]3C[C@@H](O[Si](C)(C)CC(C)(C)C)CC(=O)O3)[C@H]2[C@@H](O)C1. The largest absolute Gasteiger partial charge is 0.462 e. The fourth-order valence-electron chi connectivity index (χ4n) is 6.39. The molecule has 0 saturated carbocycles. The van der Waals surface area contributed by atoms with Crippen molar-refractivity contribution in [3.8, 4) is 0 Å². The minimum absolute atomic E-state index is 0.0180. The molecule has 1 N–H and O–H groups in total. The van der Waals surface area contributed by atoms with E-state index in [-0.39, 0.29) is 35.6 Å². The number of fused-ring (bicyclic) bond motifs is 1. The number of carbonyl (C=O) groups excluding carboxylic acids is 1. The van der Waals surface area contributed by atoms with Crippen LogP contribution in [-0.2, 0) is 14.0 Å². The van der Waals surface area contributed by atoms with Gasteiger partial charge in [0.15, 0.2) is 8.32 Å². The van der Waals surface area contributed by atoms with Crippen molar-refractivity contribution >= 4 is 14.3 Å². The van der Waals surface area contributed by atoms with E-state index in [9.17, 15) is 9.90 Å². The number of hydrogen-bond donors (Lipinski definition) is 1. The van der Waals surface area contributed by atoms with E-state index in [0.717, 1.165) is 31.7 Å². The minimum atomic E-state index is -1.85. The van der Waals surface area contributed by atoms with Crippen LogP contribution in [0.4, 0.5) is 0 Å². The fraction of sp³-hybridized carbons (Fsp3) is 0.808. The molecule has 0 amide bonds. The Hall–Kier alpha value is -0.913. The van der Waals surface area contributed by atoms with Gasteiger partial charge in [0, 0.05) is 12.3 Å². The number of carbonyl (C=O) groups is 1. The highest BCUT2D eigenvalue weighted by molar-refractivity contribution is 6.71. The van der Waals surface area contributed by atoms with Crippen LogP contribution in [0.1, 0.15) is 66.7 Å². The summed E-state index contributed by atoms with van der Waals surface area (Å²) in [6.45, 7) is 15.7. The van der Waals surface area contributed by atoms with Gasteiger partial charge in [0.2, 0.25) is 0 Å². The molecule has 0 spiro atoms. The molecule has 0 radical (unpaired) electrons. The summed E-state index contributed by atoms with van der Waals surface area (Å²) < 4.78 is 12.3. The van der Waals surface area contributed by atoms with Gasteiger partial charge in [0.05, 0.1) is 18.6 Å². The van der Waals surface area contributed by atoms with Crippen molar-refractivity contribution in [2.75, 3.05) is 0 Å². The van der Waals surface area contributed by atoms with Crippen molar-refractivity contribution in [3.05, 3.63) is 23.8 Å². The predicted octanol–water partition coefficient (Wildman–Crippen LogP) is 5.87. The van der Waals surface area contributed by atoms with E-state index in [0.29, 0.717) is 24.2 Å². The summed E-state index contributed by atoms with van der Waals surface area (Å²) in [5.41, 5.74) is 1.53. The third kappa shape index (κ3) is 6.78. The molecule has 31 heavy (non-hydrogen) atoms. The van der Waals surface area contributed by atoms with Gasteiger partial charge in [-0.1, -0.05) is 52.8 Å². The maximum Gasteiger partial charge on any atom is 0.308 e. The number of cyclic esters (lactones) is 1. The smallest absolute Gasteiger partial charge is 0.308 e. The van der Waals surface area contributed by atoms with Crippen LogP contribution in [0, 0.1) is 29.1 Å². The average Bonchev–Trinajstić information content (AvgIpc) is 2.57. The molecular weight excluding hydrogens is 404 g/mol. The third-order valence-electron chi connectivity index (χ3n) is 7.10. The molecule has 3 rings (SSSR count). The second-order valence-corrected chi connectivity index (χ2v) is 16.3. The summed E-state index contributed by atoms with van der Waals surface area (Å²) in [5.74, 6) is 1.34. The van der Waals surface area contributed by atoms with Gasteiger partial charge in [0.1, 0.15) is 6.10 Å². The molecule has 1 fully saturated rings. The van der Waals surface area contributed by atoms with E-state index in [1.807, 2.05) is 0 Å². The number of rotatable bonds is 6. The van der Waals surface area contributed by atoms with Crippen LogP contribution in [0.3, 0.4) is 0 Å². The van der Waals surface area contributed by atoms with Gasteiger partial charge in [-0.25, -0.2) is 0 Å². The zero-order valence-electron chi connectivity index (χ0n) is 20.7. The van der Waals surface area contributed by atoms with Gasteiger partial charge < -0.3 is 14.3 Å². The zero-order valence-corrected chi connectivity index (χ0v) is 21.7. The first-order chi connectivity index (χ1) is 14.3. The van der Waals surface area contributed by atoms with Gasteiger partial charge in [-0.2, -0.15) is 0 Å². The lowest BCUT2D eigenvalue weighted by Gasteiger charge is -2.42. The van der Waals surface area contributed by atoms with Crippen LogP contribution in [0.5, 0.6) is 0 Å². The summed E-state index contributed by atoms with van der Waals surface area (Å²) >= 11 is 0. The van der Waals surface area contributed by atoms with E-state index >= 15 is 0 Å². The molecule has 1 heterocycles. The van der Waals surface area contributed by atoms with Crippen molar-refractivity contribution in [2.45, 2.75) is 104 Å². The summed E-state index contributed by atoms with van der Waals surface area (Å²) in [5, 5.41) is 10.8.